The van der Waals surface area contributed by atoms with Gasteiger partial charge in [-0.1, -0.05) is 26.7 Å². The van der Waals surface area contributed by atoms with Crippen molar-refractivity contribution < 1.29 is 4.74 Å². The Kier molecular flexibility index (Phi) is 7.01. The Bertz CT molecular complexity index is 175. The maximum Gasteiger partial charge on any atom is 0.0593 e. The zero-order chi connectivity index (χ0) is 11.8. The van der Waals surface area contributed by atoms with E-state index >= 15 is 0 Å². The molecule has 0 saturated carbocycles. The van der Waals surface area contributed by atoms with E-state index in [4.69, 9.17) is 10.5 Å². The van der Waals surface area contributed by atoms with Crippen LogP contribution < -0.4 is 5.73 Å². The van der Waals surface area contributed by atoms with Gasteiger partial charge in [-0.15, -0.1) is 0 Å². The fraction of sp³-hybridized carbons (Fsp3) is 1.00. The van der Waals surface area contributed by atoms with Crippen molar-refractivity contribution in [3.63, 3.8) is 0 Å². The number of rotatable bonds is 7. The minimum atomic E-state index is 0.419. The molecule has 1 rings (SSSR count). The van der Waals surface area contributed by atoms with Gasteiger partial charge in [0.2, 0.25) is 0 Å². The molecule has 1 fully saturated rings. The summed E-state index contributed by atoms with van der Waals surface area (Å²) in [4.78, 5) is 2.50. The lowest BCUT2D eigenvalue weighted by molar-refractivity contribution is 0.0776. The molecule has 96 valence electrons. The minimum Gasteiger partial charge on any atom is -0.380 e. The van der Waals surface area contributed by atoms with Gasteiger partial charge in [-0.3, -0.25) is 0 Å². The summed E-state index contributed by atoms with van der Waals surface area (Å²) in [6.45, 7) is 9.62. The van der Waals surface area contributed by atoms with Crippen molar-refractivity contribution in [3.05, 3.63) is 0 Å². The Morgan fingerprint density at radius 3 is 2.81 bits per heavy atom. The normalized spacial score (nSPS) is 27.2. The monoisotopic (exact) mass is 228 g/mol. The third-order valence-corrected chi connectivity index (χ3v) is 3.60. The van der Waals surface area contributed by atoms with Gasteiger partial charge < -0.3 is 15.4 Å². The lowest BCUT2D eigenvalue weighted by atomic mass is 9.91. The second kappa shape index (κ2) is 8.04. The van der Waals surface area contributed by atoms with Gasteiger partial charge in [-0.25, -0.2) is 0 Å². The Morgan fingerprint density at radius 1 is 1.31 bits per heavy atom. The summed E-state index contributed by atoms with van der Waals surface area (Å²) >= 11 is 0. The fourth-order valence-electron chi connectivity index (χ4n) is 2.30. The van der Waals surface area contributed by atoms with Crippen LogP contribution in [-0.4, -0.2) is 43.8 Å². The van der Waals surface area contributed by atoms with Crippen LogP contribution in [0, 0.1) is 5.92 Å². The van der Waals surface area contributed by atoms with Crippen LogP contribution in [0.3, 0.4) is 0 Å². The number of nitrogens with zero attached hydrogens (tertiary/aromatic N) is 1. The highest BCUT2D eigenvalue weighted by Crippen LogP contribution is 2.17. The number of likely N-dealkylation sites (tertiary alicyclic amines) is 1. The van der Waals surface area contributed by atoms with Gasteiger partial charge >= 0.3 is 0 Å². The van der Waals surface area contributed by atoms with E-state index in [1.54, 1.807) is 0 Å². The van der Waals surface area contributed by atoms with Crippen LogP contribution >= 0.6 is 0 Å². The van der Waals surface area contributed by atoms with Crippen LogP contribution in [0.2, 0.25) is 0 Å². The van der Waals surface area contributed by atoms with Crippen molar-refractivity contribution in [3.8, 4) is 0 Å². The molecule has 2 atom stereocenters. The summed E-state index contributed by atoms with van der Waals surface area (Å²) in [5.41, 5.74) is 6.09. The summed E-state index contributed by atoms with van der Waals surface area (Å²) in [5, 5.41) is 0. The van der Waals surface area contributed by atoms with E-state index < -0.39 is 0 Å². The molecule has 3 nitrogen and oxygen atoms in total. The lowest BCUT2D eigenvalue weighted by Gasteiger charge is -2.36. The highest BCUT2D eigenvalue weighted by atomic mass is 16.5. The molecule has 0 radical (unpaired) electrons. The number of hydrogen-bond acceptors (Lipinski definition) is 3. The molecule has 0 aromatic rings. The second-order valence-corrected chi connectivity index (χ2v) is 4.89. The Labute approximate surface area is 100 Å². The van der Waals surface area contributed by atoms with E-state index in [1.165, 1.54) is 19.3 Å². The zero-order valence-corrected chi connectivity index (χ0v) is 11.0. The molecule has 0 spiro atoms. The van der Waals surface area contributed by atoms with Crippen molar-refractivity contribution in [2.24, 2.45) is 11.7 Å². The molecule has 0 amide bonds. The highest BCUT2D eigenvalue weighted by Gasteiger charge is 2.24. The molecule has 2 N–H and O–H groups in total. The summed E-state index contributed by atoms with van der Waals surface area (Å²) in [6.07, 6.45) is 4.75. The molecule has 2 unspecified atom stereocenters. The number of hydrogen-bond donors (Lipinski definition) is 1. The summed E-state index contributed by atoms with van der Waals surface area (Å²) in [6, 6.07) is 0.419. The standard InChI is InChI=1S/C13H28N2O/c1-3-5-9-16-10-8-15-7-6-13(14)12(4-2)11-15/h12-13H,3-11,14H2,1-2H3. The number of nitrogens with two attached hydrogens (primary N) is 1. The number of unbranched alkanes of at least 4 members (excludes halogenated alkanes) is 1. The summed E-state index contributed by atoms with van der Waals surface area (Å²) in [7, 11) is 0. The van der Waals surface area contributed by atoms with Crippen LogP contribution in [0.5, 0.6) is 0 Å². The molecule has 16 heavy (non-hydrogen) atoms. The molecule has 1 saturated heterocycles. The molecule has 0 bridgehead atoms. The van der Waals surface area contributed by atoms with Crippen LogP contribution in [0.4, 0.5) is 0 Å². The van der Waals surface area contributed by atoms with Gasteiger partial charge in [0.15, 0.2) is 0 Å². The van der Waals surface area contributed by atoms with Crippen molar-refractivity contribution >= 4 is 0 Å². The smallest absolute Gasteiger partial charge is 0.0593 e. The maximum absolute atomic E-state index is 6.09. The van der Waals surface area contributed by atoms with Gasteiger partial charge in [0, 0.05) is 25.7 Å². The molecule has 0 aliphatic carbocycles. The average molecular weight is 228 g/mol. The first-order valence-corrected chi connectivity index (χ1v) is 6.83. The first kappa shape index (κ1) is 13.9. The quantitative estimate of drug-likeness (QED) is 0.676. The molecular formula is C13H28N2O. The van der Waals surface area contributed by atoms with E-state index in [1.807, 2.05) is 0 Å². The topological polar surface area (TPSA) is 38.5 Å². The molecule has 1 aliphatic rings. The molecule has 1 aliphatic heterocycles. The Hall–Kier alpha value is -0.120. The van der Waals surface area contributed by atoms with E-state index in [2.05, 4.69) is 18.7 Å². The predicted molar refractivity (Wildman–Crippen MR) is 68.5 cm³/mol. The lowest BCUT2D eigenvalue weighted by Crippen LogP contribution is -2.47. The SMILES string of the molecule is CCCCOCCN1CCC(N)C(CC)C1. The first-order chi connectivity index (χ1) is 7.77. The van der Waals surface area contributed by atoms with Crippen LogP contribution in [0.1, 0.15) is 39.5 Å². The van der Waals surface area contributed by atoms with Gasteiger partial charge in [0.1, 0.15) is 0 Å². The second-order valence-electron chi connectivity index (χ2n) is 4.89. The van der Waals surface area contributed by atoms with Crippen molar-refractivity contribution in [2.75, 3.05) is 32.8 Å². The van der Waals surface area contributed by atoms with E-state index in [0.717, 1.165) is 39.3 Å². The fourth-order valence-corrected chi connectivity index (χ4v) is 2.30. The highest BCUT2D eigenvalue weighted by molar-refractivity contribution is 4.81. The van der Waals surface area contributed by atoms with Gasteiger partial charge in [0.05, 0.1) is 6.61 Å². The molecule has 0 aromatic carbocycles. The van der Waals surface area contributed by atoms with Crippen molar-refractivity contribution in [1.82, 2.24) is 4.90 Å². The van der Waals surface area contributed by atoms with Crippen LogP contribution in [0.15, 0.2) is 0 Å². The van der Waals surface area contributed by atoms with Crippen molar-refractivity contribution in [2.45, 2.75) is 45.6 Å². The minimum absolute atomic E-state index is 0.419. The summed E-state index contributed by atoms with van der Waals surface area (Å²) in [5.74, 6) is 0.685. The molecular weight excluding hydrogens is 200 g/mol. The summed E-state index contributed by atoms with van der Waals surface area (Å²) < 4.78 is 5.60. The maximum atomic E-state index is 6.09. The van der Waals surface area contributed by atoms with Gasteiger partial charge in [0.25, 0.3) is 0 Å². The molecule has 3 heteroatoms. The Morgan fingerprint density at radius 2 is 2.12 bits per heavy atom. The van der Waals surface area contributed by atoms with E-state index in [9.17, 15) is 0 Å². The number of piperidine rings is 1. The predicted octanol–water partition coefficient (Wildman–Crippen LogP) is 1.86. The average Bonchev–Trinajstić information content (AvgIpc) is 2.31. The van der Waals surface area contributed by atoms with Crippen LogP contribution in [0.25, 0.3) is 0 Å². The largest absolute Gasteiger partial charge is 0.380 e. The third kappa shape index (κ3) is 4.81. The van der Waals surface area contributed by atoms with E-state index in [-0.39, 0.29) is 0 Å². The van der Waals surface area contributed by atoms with E-state index in [0.29, 0.717) is 12.0 Å². The van der Waals surface area contributed by atoms with Gasteiger partial charge in [-0.05, 0) is 25.3 Å². The zero-order valence-electron chi connectivity index (χ0n) is 11.0. The first-order valence-electron chi connectivity index (χ1n) is 6.83. The van der Waals surface area contributed by atoms with Gasteiger partial charge in [-0.2, -0.15) is 0 Å². The molecule has 0 aromatic heterocycles. The Balaban J connectivity index is 2.08. The van der Waals surface area contributed by atoms with Crippen molar-refractivity contribution in [1.29, 1.82) is 0 Å². The number of ether oxygens (including phenoxy) is 1. The molecule has 1 heterocycles. The van der Waals surface area contributed by atoms with Crippen LogP contribution in [-0.2, 0) is 4.74 Å². The third-order valence-electron chi connectivity index (χ3n) is 3.60.